The SMILES string of the molecule is O=C(NN=Cc1ccc(OCc2c(Cl)cccc2Cl)cc1)C(=O)Nc1cccc(Cl)c1Cl. The van der Waals surface area contributed by atoms with E-state index >= 15 is 0 Å². The standard InChI is InChI=1S/C22H15Cl4N3O3/c23-16-3-1-4-17(24)15(16)12-32-14-9-7-13(8-10-14)11-27-29-22(31)21(30)28-19-6-2-5-18(25)20(19)26/h1-11H,12H2,(H,28,30)(H,29,31). The molecule has 0 saturated carbocycles. The van der Waals surface area contributed by atoms with Gasteiger partial charge in [-0.3, -0.25) is 9.59 Å². The number of carbonyl (C=O) groups is 2. The molecular weight excluding hydrogens is 496 g/mol. The average Bonchev–Trinajstić information content (AvgIpc) is 2.77. The highest BCUT2D eigenvalue weighted by Gasteiger charge is 2.15. The summed E-state index contributed by atoms with van der Waals surface area (Å²) in [4.78, 5) is 23.9. The number of hydrogen-bond acceptors (Lipinski definition) is 4. The summed E-state index contributed by atoms with van der Waals surface area (Å²) in [5.41, 5.74) is 3.73. The third kappa shape index (κ3) is 6.37. The molecule has 0 heterocycles. The van der Waals surface area contributed by atoms with Crippen molar-refractivity contribution in [1.82, 2.24) is 5.43 Å². The van der Waals surface area contributed by atoms with Gasteiger partial charge in [0, 0.05) is 15.6 Å². The molecule has 6 nitrogen and oxygen atoms in total. The summed E-state index contributed by atoms with van der Waals surface area (Å²) in [5.74, 6) is -1.30. The van der Waals surface area contributed by atoms with Crippen LogP contribution >= 0.6 is 46.4 Å². The van der Waals surface area contributed by atoms with E-state index in [1.807, 2.05) is 0 Å². The molecule has 0 bridgehead atoms. The van der Waals surface area contributed by atoms with Gasteiger partial charge in [0.25, 0.3) is 0 Å². The van der Waals surface area contributed by atoms with Crippen LogP contribution < -0.4 is 15.5 Å². The second kappa shape index (κ2) is 11.2. The Morgan fingerprint density at radius 1 is 0.844 bits per heavy atom. The topological polar surface area (TPSA) is 79.8 Å². The van der Waals surface area contributed by atoms with E-state index < -0.39 is 11.8 Å². The molecule has 2 amide bonds. The van der Waals surface area contributed by atoms with Gasteiger partial charge in [-0.05, 0) is 54.1 Å². The Kier molecular flexibility index (Phi) is 8.36. The lowest BCUT2D eigenvalue weighted by Crippen LogP contribution is -2.32. The molecule has 0 spiro atoms. The number of ether oxygens (including phenoxy) is 1. The molecule has 0 radical (unpaired) electrons. The molecule has 3 rings (SSSR count). The molecule has 0 saturated heterocycles. The highest BCUT2D eigenvalue weighted by Crippen LogP contribution is 2.29. The van der Waals surface area contributed by atoms with Crippen LogP contribution in [0.5, 0.6) is 5.75 Å². The fraction of sp³-hybridized carbons (Fsp3) is 0.0455. The van der Waals surface area contributed by atoms with Crippen molar-refractivity contribution >= 4 is 70.1 Å². The summed E-state index contributed by atoms with van der Waals surface area (Å²) in [5, 5.41) is 7.58. The molecule has 0 atom stereocenters. The lowest BCUT2D eigenvalue weighted by molar-refractivity contribution is -0.136. The molecule has 32 heavy (non-hydrogen) atoms. The Balaban J connectivity index is 1.51. The van der Waals surface area contributed by atoms with E-state index in [0.29, 0.717) is 26.9 Å². The summed E-state index contributed by atoms with van der Waals surface area (Å²) in [6.07, 6.45) is 1.38. The summed E-state index contributed by atoms with van der Waals surface area (Å²) in [6.45, 7) is 0.216. The minimum Gasteiger partial charge on any atom is -0.489 e. The van der Waals surface area contributed by atoms with Gasteiger partial charge in [-0.15, -0.1) is 0 Å². The van der Waals surface area contributed by atoms with Crippen molar-refractivity contribution in [3.63, 3.8) is 0 Å². The predicted molar refractivity (Wildman–Crippen MR) is 128 cm³/mol. The van der Waals surface area contributed by atoms with Gasteiger partial charge in [0.2, 0.25) is 0 Å². The molecule has 2 N–H and O–H groups in total. The number of rotatable bonds is 6. The van der Waals surface area contributed by atoms with Crippen molar-refractivity contribution in [3.8, 4) is 5.75 Å². The fourth-order valence-corrected chi connectivity index (χ4v) is 3.33. The number of nitrogens with one attached hydrogen (secondary N) is 2. The first-order valence-electron chi connectivity index (χ1n) is 9.09. The Bertz CT molecular complexity index is 1150. The van der Waals surface area contributed by atoms with Crippen LogP contribution in [0.25, 0.3) is 0 Å². The number of halogens is 4. The quantitative estimate of drug-likeness (QED) is 0.243. The summed E-state index contributed by atoms with van der Waals surface area (Å²) < 4.78 is 5.70. The van der Waals surface area contributed by atoms with Crippen LogP contribution in [0.15, 0.2) is 65.8 Å². The van der Waals surface area contributed by atoms with Crippen molar-refractivity contribution in [2.75, 3.05) is 5.32 Å². The first-order valence-corrected chi connectivity index (χ1v) is 10.6. The number of hydrogen-bond donors (Lipinski definition) is 2. The van der Waals surface area contributed by atoms with E-state index in [4.69, 9.17) is 51.1 Å². The Hall–Kier alpha value is -2.77. The summed E-state index contributed by atoms with van der Waals surface area (Å²) in [6, 6.07) is 16.8. The number of anilines is 1. The molecule has 0 aliphatic rings. The third-order valence-electron chi connectivity index (χ3n) is 4.11. The van der Waals surface area contributed by atoms with Crippen molar-refractivity contribution in [2.45, 2.75) is 6.61 Å². The molecule has 0 aromatic heterocycles. The molecule has 3 aromatic rings. The number of benzene rings is 3. The molecule has 10 heteroatoms. The summed E-state index contributed by atoms with van der Waals surface area (Å²) in [7, 11) is 0. The maximum atomic E-state index is 12.0. The maximum Gasteiger partial charge on any atom is 0.329 e. The maximum absolute atomic E-state index is 12.0. The van der Waals surface area contributed by atoms with Crippen LogP contribution in [0.3, 0.4) is 0 Å². The van der Waals surface area contributed by atoms with Crippen LogP contribution in [0, 0.1) is 0 Å². The monoisotopic (exact) mass is 509 g/mol. The number of hydrazone groups is 1. The van der Waals surface area contributed by atoms with E-state index in [-0.39, 0.29) is 22.3 Å². The molecule has 164 valence electrons. The number of amides is 2. The minimum absolute atomic E-state index is 0.137. The van der Waals surface area contributed by atoms with E-state index in [9.17, 15) is 9.59 Å². The van der Waals surface area contributed by atoms with Crippen molar-refractivity contribution in [1.29, 1.82) is 0 Å². The highest BCUT2D eigenvalue weighted by atomic mass is 35.5. The van der Waals surface area contributed by atoms with Crippen molar-refractivity contribution in [3.05, 3.63) is 91.9 Å². The second-order valence-electron chi connectivity index (χ2n) is 6.31. The third-order valence-corrected chi connectivity index (χ3v) is 5.64. The zero-order chi connectivity index (χ0) is 23.1. The molecule has 3 aromatic carbocycles. The van der Waals surface area contributed by atoms with Crippen molar-refractivity contribution in [2.24, 2.45) is 5.10 Å². The number of carbonyl (C=O) groups excluding carboxylic acids is 2. The average molecular weight is 511 g/mol. The van der Waals surface area contributed by atoms with Gasteiger partial charge in [-0.2, -0.15) is 5.10 Å². The van der Waals surface area contributed by atoms with E-state index in [1.54, 1.807) is 54.6 Å². The first kappa shape index (κ1) is 23.9. The van der Waals surface area contributed by atoms with Gasteiger partial charge in [-0.25, -0.2) is 5.43 Å². The zero-order valence-corrected chi connectivity index (χ0v) is 19.3. The van der Waals surface area contributed by atoms with E-state index in [2.05, 4.69) is 15.8 Å². The fourth-order valence-electron chi connectivity index (χ4n) is 2.47. The van der Waals surface area contributed by atoms with E-state index in [1.165, 1.54) is 12.3 Å². The molecule has 0 aliphatic heterocycles. The van der Waals surface area contributed by atoms with Gasteiger partial charge < -0.3 is 10.1 Å². The Morgan fingerprint density at radius 3 is 2.16 bits per heavy atom. The van der Waals surface area contributed by atoms with Gasteiger partial charge in [-0.1, -0.05) is 58.5 Å². The lowest BCUT2D eigenvalue weighted by atomic mass is 10.2. The molecular formula is C22H15Cl4N3O3. The highest BCUT2D eigenvalue weighted by molar-refractivity contribution is 6.45. The van der Waals surface area contributed by atoms with E-state index in [0.717, 1.165) is 0 Å². The van der Waals surface area contributed by atoms with Gasteiger partial charge in [0.05, 0.1) is 21.9 Å². The Labute approximate surface area is 204 Å². The molecule has 0 unspecified atom stereocenters. The van der Waals surface area contributed by atoms with Crippen LogP contribution in [0.2, 0.25) is 20.1 Å². The molecule has 0 fully saturated rings. The minimum atomic E-state index is -0.964. The van der Waals surface area contributed by atoms with Gasteiger partial charge >= 0.3 is 11.8 Å². The first-order chi connectivity index (χ1) is 15.3. The smallest absolute Gasteiger partial charge is 0.329 e. The van der Waals surface area contributed by atoms with Crippen LogP contribution in [-0.2, 0) is 16.2 Å². The zero-order valence-electron chi connectivity index (χ0n) is 16.2. The molecule has 0 aliphatic carbocycles. The second-order valence-corrected chi connectivity index (χ2v) is 7.91. The van der Waals surface area contributed by atoms with Crippen LogP contribution in [-0.4, -0.2) is 18.0 Å². The summed E-state index contributed by atoms with van der Waals surface area (Å²) >= 11 is 24.1. The normalized spacial score (nSPS) is 10.8. The van der Waals surface area contributed by atoms with Gasteiger partial charge in [0.15, 0.2) is 0 Å². The van der Waals surface area contributed by atoms with Crippen LogP contribution in [0.1, 0.15) is 11.1 Å². The lowest BCUT2D eigenvalue weighted by Gasteiger charge is -2.09. The predicted octanol–water partition coefficient (Wildman–Crippen LogP) is 5.97. The van der Waals surface area contributed by atoms with Crippen LogP contribution in [0.4, 0.5) is 5.69 Å². The largest absolute Gasteiger partial charge is 0.489 e. The Morgan fingerprint density at radius 2 is 1.47 bits per heavy atom. The number of nitrogens with zero attached hydrogens (tertiary/aromatic N) is 1. The van der Waals surface area contributed by atoms with Crippen molar-refractivity contribution < 1.29 is 14.3 Å². The van der Waals surface area contributed by atoms with Gasteiger partial charge in [0.1, 0.15) is 12.4 Å².